The number of nitriles is 1. The Kier molecular flexibility index (Phi) is 12.2. The molecule has 0 atom stereocenters. The van der Waals surface area contributed by atoms with E-state index in [4.69, 9.17) is 4.74 Å². The Balaban J connectivity index is 1.45. The quantitative estimate of drug-likeness (QED) is 0.139. The zero-order valence-corrected chi connectivity index (χ0v) is 23.3. The molecule has 0 heterocycles. The summed E-state index contributed by atoms with van der Waals surface area (Å²) in [6.07, 6.45) is 18.9. The standard InChI is InChI=1S/C34H47NO2/c1-3-5-7-9-11-13-28-14-20-32(21-15-28)37-33(36)31-18-16-29(17-19-31)30-22-25-34(27-35,26-23-30)24-12-10-8-6-4-2/h14-21,30H,3-13,22-26H2,1-2H3. The maximum absolute atomic E-state index is 12.7. The first kappa shape index (κ1) is 29.0. The van der Waals surface area contributed by atoms with Crippen LogP contribution in [-0.2, 0) is 6.42 Å². The second kappa shape index (κ2) is 15.6. The van der Waals surface area contributed by atoms with E-state index in [0.29, 0.717) is 17.2 Å². The van der Waals surface area contributed by atoms with Crippen LogP contribution in [0, 0.1) is 16.7 Å². The number of benzene rings is 2. The van der Waals surface area contributed by atoms with Crippen LogP contribution in [0.1, 0.15) is 138 Å². The Morgan fingerprint density at radius 1 is 0.838 bits per heavy atom. The summed E-state index contributed by atoms with van der Waals surface area (Å²) in [4.78, 5) is 12.7. The first-order chi connectivity index (χ1) is 18.1. The molecule has 1 aliphatic rings. The van der Waals surface area contributed by atoms with Crippen LogP contribution in [0.25, 0.3) is 0 Å². The van der Waals surface area contributed by atoms with E-state index in [1.54, 1.807) is 0 Å². The van der Waals surface area contributed by atoms with Gasteiger partial charge in [-0.25, -0.2) is 4.79 Å². The molecule has 0 bridgehead atoms. The lowest BCUT2D eigenvalue weighted by molar-refractivity contribution is 0.0734. The second-order valence-corrected chi connectivity index (χ2v) is 11.2. The van der Waals surface area contributed by atoms with Crippen LogP contribution >= 0.6 is 0 Å². The third kappa shape index (κ3) is 9.33. The lowest BCUT2D eigenvalue weighted by atomic mass is 9.67. The maximum Gasteiger partial charge on any atom is 0.343 e. The van der Waals surface area contributed by atoms with Gasteiger partial charge in [0.25, 0.3) is 0 Å². The number of carbonyl (C=O) groups is 1. The Hall–Kier alpha value is -2.60. The predicted octanol–water partition coefficient (Wildman–Crippen LogP) is 9.95. The number of rotatable bonds is 15. The number of aryl methyl sites for hydroxylation is 1. The molecule has 3 heteroatoms. The molecule has 0 saturated heterocycles. The van der Waals surface area contributed by atoms with E-state index in [2.05, 4.69) is 44.2 Å². The number of esters is 1. The zero-order chi connectivity index (χ0) is 26.3. The SMILES string of the molecule is CCCCCCCc1ccc(OC(=O)c2ccc(C3CCC(C#N)(CCCCCCC)CC3)cc2)cc1. The highest BCUT2D eigenvalue weighted by atomic mass is 16.5. The minimum atomic E-state index is -0.311. The fourth-order valence-electron chi connectivity index (χ4n) is 5.70. The van der Waals surface area contributed by atoms with E-state index in [1.165, 1.54) is 75.3 Å². The van der Waals surface area contributed by atoms with Gasteiger partial charge in [0.15, 0.2) is 0 Å². The van der Waals surface area contributed by atoms with Gasteiger partial charge in [-0.05, 0) is 86.3 Å². The molecular formula is C34H47NO2. The summed E-state index contributed by atoms with van der Waals surface area (Å²) in [5, 5.41) is 9.90. The van der Waals surface area contributed by atoms with Crippen molar-refractivity contribution in [2.24, 2.45) is 5.41 Å². The Labute approximate surface area is 225 Å². The highest BCUT2D eigenvalue weighted by molar-refractivity contribution is 5.91. The van der Waals surface area contributed by atoms with Crippen LogP contribution in [-0.4, -0.2) is 5.97 Å². The first-order valence-electron chi connectivity index (χ1n) is 14.9. The zero-order valence-electron chi connectivity index (χ0n) is 23.3. The number of hydrogen-bond donors (Lipinski definition) is 0. The van der Waals surface area contributed by atoms with Gasteiger partial charge in [0.05, 0.1) is 17.0 Å². The van der Waals surface area contributed by atoms with E-state index >= 15 is 0 Å². The van der Waals surface area contributed by atoms with Crippen LogP contribution < -0.4 is 4.74 Å². The van der Waals surface area contributed by atoms with Crippen molar-refractivity contribution in [1.82, 2.24) is 0 Å². The third-order valence-electron chi connectivity index (χ3n) is 8.26. The molecule has 0 aliphatic heterocycles. The van der Waals surface area contributed by atoms with Crippen molar-refractivity contribution < 1.29 is 9.53 Å². The Bertz CT molecular complexity index is 962. The molecule has 1 saturated carbocycles. The van der Waals surface area contributed by atoms with Gasteiger partial charge < -0.3 is 4.74 Å². The molecule has 0 radical (unpaired) electrons. The molecule has 200 valence electrons. The van der Waals surface area contributed by atoms with Gasteiger partial charge in [-0.1, -0.05) is 95.9 Å². The summed E-state index contributed by atoms with van der Waals surface area (Å²) >= 11 is 0. The van der Waals surface area contributed by atoms with Crippen LogP contribution in [0.2, 0.25) is 0 Å². The summed E-state index contributed by atoms with van der Waals surface area (Å²) in [5.41, 5.74) is 3.02. The average Bonchev–Trinajstić information content (AvgIpc) is 2.94. The van der Waals surface area contributed by atoms with Crippen LogP contribution in [0.3, 0.4) is 0 Å². The maximum atomic E-state index is 12.7. The predicted molar refractivity (Wildman–Crippen MR) is 153 cm³/mol. The fraction of sp³-hybridized carbons (Fsp3) is 0.588. The van der Waals surface area contributed by atoms with E-state index in [9.17, 15) is 10.1 Å². The number of unbranched alkanes of at least 4 members (excludes halogenated alkanes) is 8. The molecule has 2 aromatic carbocycles. The van der Waals surface area contributed by atoms with Crippen LogP contribution in [0.4, 0.5) is 0 Å². The Morgan fingerprint density at radius 3 is 2.03 bits per heavy atom. The van der Waals surface area contributed by atoms with Gasteiger partial charge in [-0.3, -0.25) is 0 Å². The molecule has 0 N–H and O–H groups in total. The van der Waals surface area contributed by atoms with Gasteiger partial charge in [-0.2, -0.15) is 5.26 Å². The molecule has 3 rings (SSSR count). The van der Waals surface area contributed by atoms with Crippen molar-refractivity contribution in [3.63, 3.8) is 0 Å². The van der Waals surface area contributed by atoms with E-state index < -0.39 is 0 Å². The van der Waals surface area contributed by atoms with Gasteiger partial charge in [0, 0.05) is 0 Å². The molecule has 0 unspecified atom stereocenters. The summed E-state index contributed by atoms with van der Waals surface area (Å²) in [7, 11) is 0. The van der Waals surface area contributed by atoms with Crippen molar-refractivity contribution in [3.8, 4) is 11.8 Å². The van der Waals surface area contributed by atoms with Gasteiger partial charge >= 0.3 is 5.97 Å². The summed E-state index contributed by atoms with van der Waals surface area (Å²) < 4.78 is 5.63. The second-order valence-electron chi connectivity index (χ2n) is 11.2. The number of hydrogen-bond acceptors (Lipinski definition) is 3. The highest BCUT2D eigenvalue weighted by Crippen LogP contribution is 2.45. The molecule has 0 spiro atoms. The number of ether oxygens (including phenoxy) is 1. The van der Waals surface area contributed by atoms with Crippen LogP contribution in [0.15, 0.2) is 48.5 Å². The largest absolute Gasteiger partial charge is 0.423 e. The van der Waals surface area contributed by atoms with E-state index in [-0.39, 0.29) is 11.4 Å². The molecule has 1 fully saturated rings. The van der Waals surface area contributed by atoms with E-state index in [1.807, 2.05) is 24.3 Å². The Morgan fingerprint density at radius 2 is 1.43 bits per heavy atom. The minimum Gasteiger partial charge on any atom is -0.423 e. The van der Waals surface area contributed by atoms with E-state index in [0.717, 1.165) is 38.5 Å². The average molecular weight is 502 g/mol. The molecule has 37 heavy (non-hydrogen) atoms. The lowest BCUT2D eigenvalue weighted by Crippen LogP contribution is -2.25. The summed E-state index contributed by atoms with van der Waals surface area (Å²) in [6.45, 7) is 4.48. The molecule has 0 aromatic heterocycles. The minimum absolute atomic E-state index is 0.128. The first-order valence-corrected chi connectivity index (χ1v) is 14.9. The normalized spacial score (nSPS) is 19.3. The molecule has 1 aliphatic carbocycles. The third-order valence-corrected chi connectivity index (χ3v) is 8.26. The van der Waals surface area contributed by atoms with Crippen molar-refractivity contribution in [2.45, 2.75) is 122 Å². The molecule has 0 amide bonds. The van der Waals surface area contributed by atoms with Crippen molar-refractivity contribution in [1.29, 1.82) is 5.26 Å². The van der Waals surface area contributed by atoms with Crippen molar-refractivity contribution >= 4 is 5.97 Å². The molecule has 2 aromatic rings. The topological polar surface area (TPSA) is 50.1 Å². The molecular weight excluding hydrogens is 454 g/mol. The van der Waals surface area contributed by atoms with Gasteiger partial charge in [0.1, 0.15) is 5.75 Å². The van der Waals surface area contributed by atoms with Crippen molar-refractivity contribution in [3.05, 3.63) is 65.2 Å². The van der Waals surface area contributed by atoms with Crippen molar-refractivity contribution in [2.75, 3.05) is 0 Å². The van der Waals surface area contributed by atoms with Crippen LogP contribution in [0.5, 0.6) is 5.75 Å². The fourth-order valence-corrected chi connectivity index (χ4v) is 5.70. The highest BCUT2D eigenvalue weighted by Gasteiger charge is 2.35. The van der Waals surface area contributed by atoms with Gasteiger partial charge in [-0.15, -0.1) is 0 Å². The summed E-state index contributed by atoms with van der Waals surface area (Å²) in [6, 6.07) is 18.6. The summed E-state index contributed by atoms with van der Waals surface area (Å²) in [5.74, 6) is 0.758. The van der Waals surface area contributed by atoms with Gasteiger partial charge in [0.2, 0.25) is 0 Å². The molecule has 3 nitrogen and oxygen atoms in total. The smallest absolute Gasteiger partial charge is 0.343 e. The lowest BCUT2D eigenvalue weighted by Gasteiger charge is -2.35. The number of nitrogens with zero attached hydrogens (tertiary/aromatic N) is 1. The number of carbonyl (C=O) groups excluding carboxylic acids is 1. The monoisotopic (exact) mass is 501 g/mol.